The molecule has 0 aromatic heterocycles. The summed E-state index contributed by atoms with van der Waals surface area (Å²) in [7, 11) is -0.755. The van der Waals surface area contributed by atoms with Gasteiger partial charge in [-0.1, -0.05) is 12.8 Å². The average molecular weight is 272 g/mol. The van der Waals surface area contributed by atoms with Crippen molar-refractivity contribution in [3.63, 3.8) is 0 Å². The monoisotopic (exact) mass is 272 g/mol. The average Bonchev–Trinajstić information content (AvgIpc) is 2.78. The molecule has 1 aliphatic heterocycles. The van der Waals surface area contributed by atoms with Crippen LogP contribution in [0.25, 0.3) is 0 Å². The van der Waals surface area contributed by atoms with Crippen molar-refractivity contribution in [1.82, 2.24) is 10.6 Å². The predicted molar refractivity (Wildman–Crippen MR) is 73.8 cm³/mol. The molecule has 2 fully saturated rings. The van der Waals surface area contributed by atoms with E-state index in [2.05, 4.69) is 10.6 Å². The van der Waals surface area contributed by atoms with Crippen LogP contribution >= 0.6 is 0 Å². The van der Waals surface area contributed by atoms with Crippen LogP contribution < -0.4 is 10.6 Å². The van der Waals surface area contributed by atoms with Crippen molar-refractivity contribution in [2.45, 2.75) is 50.6 Å². The molecule has 4 atom stereocenters. The smallest absolute Gasteiger partial charge is 0.237 e. The summed E-state index contributed by atoms with van der Waals surface area (Å²) in [4.78, 5) is 12.0. The molecule has 0 radical (unpaired) electrons. The number of hydrogen-bond acceptors (Lipinski definition) is 3. The minimum Gasteiger partial charge on any atom is -0.355 e. The first-order valence-corrected chi connectivity index (χ1v) is 8.73. The molecule has 0 bridgehead atoms. The molecule has 1 amide bonds. The highest BCUT2D eigenvalue weighted by atomic mass is 32.2. The Balaban J connectivity index is 1.68. The first-order valence-electron chi connectivity index (χ1n) is 7.00. The molecule has 4 unspecified atom stereocenters. The van der Waals surface area contributed by atoms with Gasteiger partial charge in [-0.3, -0.25) is 9.00 Å². The summed E-state index contributed by atoms with van der Waals surface area (Å²) >= 11 is 0. The van der Waals surface area contributed by atoms with Crippen LogP contribution in [0.5, 0.6) is 0 Å². The Kier molecular flexibility index (Phi) is 5.18. The Labute approximate surface area is 112 Å². The molecule has 1 heterocycles. The zero-order chi connectivity index (χ0) is 13.0. The topological polar surface area (TPSA) is 58.2 Å². The van der Waals surface area contributed by atoms with E-state index in [-0.39, 0.29) is 11.9 Å². The van der Waals surface area contributed by atoms with Gasteiger partial charge in [-0.25, -0.2) is 0 Å². The van der Waals surface area contributed by atoms with Gasteiger partial charge in [0.05, 0.1) is 6.04 Å². The van der Waals surface area contributed by atoms with Crippen molar-refractivity contribution >= 4 is 16.7 Å². The van der Waals surface area contributed by atoms with Crippen LogP contribution in [0.2, 0.25) is 0 Å². The molecule has 1 aliphatic carbocycles. The molecule has 18 heavy (non-hydrogen) atoms. The normalized spacial score (nSPS) is 32.8. The highest BCUT2D eigenvalue weighted by Crippen LogP contribution is 2.33. The molecule has 1 saturated heterocycles. The summed E-state index contributed by atoms with van der Waals surface area (Å²) in [6, 6.07) is 0.572. The van der Waals surface area contributed by atoms with Gasteiger partial charge in [-0.2, -0.15) is 0 Å². The van der Waals surface area contributed by atoms with Gasteiger partial charge >= 0.3 is 0 Å². The van der Waals surface area contributed by atoms with E-state index in [0.717, 1.165) is 12.8 Å². The fraction of sp³-hybridized carbons (Fsp3) is 0.923. The summed E-state index contributed by atoms with van der Waals surface area (Å²) in [5.41, 5.74) is 0. The van der Waals surface area contributed by atoms with Crippen molar-refractivity contribution in [1.29, 1.82) is 0 Å². The van der Waals surface area contributed by atoms with Crippen molar-refractivity contribution in [3.05, 3.63) is 0 Å². The highest BCUT2D eigenvalue weighted by molar-refractivity contribution is 7.84. The standard InChI is InChI=1S/C13H24N2O2S/c1-18(17)8-4-7-14-13(16)12-9-10-5-2-3-6-11(10)15-12/h10-12,15H,2-9H2,1H3,(H,14,16). The molecular weight excluding hydrogens is 248 g/mol. The van der Waals surface area contributed by atoms with Crippen LogP contribution in [0.4, 0.5) is 0 Å². The molecule has 0 aromatic carbocycles. The SMILES string of the molecule is CS(=O)CCCNC(=O)C1CC2CCCCC2N1. The number of amides is 1. The maximum absolute atomic E-state index is 12.0. The summed E-state index contributed by atoms with van der Waals surface area (Å²) in [5, 5.41) is 6.42. The van der Waals surface area contributed by atoms with E-state index in [1.807, 2.05) is 0 Å². The van der Waals surface area contributed by atoms with Crippen LogP contribution in [0.3, 0.4) is 0 Å². The number of nitrogens with one attached hydrogen (secondary N) is 2. The van der Waals surface area contributed by atoms with E-state index in [1.54, 1.807) is 6.26 Å². The number of rotatable bonds is 5. The Morgan fingerprint density at radius 2 is 2.17 bits per heavy atom. The Bertz CT molecular complexity index is 308. The van der Waals surface area contributed by atoms with E-state index in [1.165, 1.54) is 25.7 Å². The van der Waals surface area contributed by atoms with Crippen molar-refractivity contribution in [3.8, 4) is 0 Å². The molecule has 2 aliphatic rings. The Morgan fingerprint density at radius 3 is 2.89 bits per heavy atom. The number of carbonyl (C=O) groups excluding carboxylic acids is 1. The summed E-state index contributed by atoms with van der Waals surface area (Å²) in [6.45, 7) is 0.645. The van der Waals surface area contributed by atoms with Crippen LogP contribution in [0.15, 0.2) is 0 Å². The molecule has 0 spiro atoms. The van der Waals surface area contributed by atoms with Crippen molar-refractivity contribution in [2.75, 3.05) is 18.6 Å². The second-order valence-electron chi connectivity index (χ2n) is 5.53. The Morgan fingerprint density at radius 1 is 1.39 bits per heavy atom. The maximum atomic E-state index is 12.0. The van der Waals surface area contributed by atoms with Gasteiger partial charge in [0.2, 0.25) is 5.91 Å². The van der Waals surface area contributed by atoms with E-state index < -0.39 is 10.8 Å². The zero-order valence-electron chi connectivity index (χ0n) is 11.1. The highest BCUT2D eigenvalue weighted by Gasteiger charge is 2.37. The summed E-state index contributed by atoms with van der Waals surface area (Å²) in [6.07, 6.45) is 8.61. The van der Waals surface area contributed by atoms with Crippen LogP contribution in [-0.4, -0.2) is 40.8 Å². The third-order valence-corrected chi connectivity index (χ3v) is 4.95. The minimum absolute atomic E-state index is 0.00484. The molecule has 2 N–H and O–H groups in total. The van der Waals surface area contributed by atoms with Gasteiger partial charge in [0.1, 0.15) is 0 Å². The lowest BCUT2D eigenvalue weighted by atomic mass is 9.85. The molecule has 2 rings (SSSR count). The largest absolute Gasteiger partial charge is 0.355 e. The van der Waals surface area contributed by atoms with Crippen LogP contribution in [-0.2, 0) is 15.6 Å². The van der Waals surface area contributed by atoms with E-state index in [4.69, 9.17) is 0 Å². The lowest BCUT2D eigenvalue weighted by Crippen LogP contribution is -2.43. The zero-order valence-corrected chi connectivity index (χ0v) is 11.9. The predicted octanol–water partition coefficient (Wildman–Crippen LogP) is 0.792. The molecular formula is C13H24N2O2S. The third-order valence-electron chi connectivity index (χ3n) is 4.09. The summed E-state index contributed by atoms with van der Waals surface area (Å²) in [5.74, 6) is 1.51. The van der Waals surface area contributed by atoms with E-state index in [9.17, 15) is 9.00 Å². The molecule has 104 valence electrons. The number of carbonyl (C=O) groups is 1. The number of hydrogen-bond donors (Lipinski definition) is 2. The lowest BCUT2D eigenvalue weighted by molar-refractivity contribution is -0.122. The Hall–Kier alpha value is -0.420. The molecule has 4 nitrogen and oxygen atoms in total. The van der Waals surface area contributed by atoms with Gasteiger partial charge in [0.25, 0.3) is 0 Å². The molecule has 1 saturated carbocycles. The molecule has 5 heteroatoms. The second kappa shape index (κ2) is 6.66. The van der Waals surface area contributed by atoms with Gasteiger partial charge in [-0.15, -0.1) is 0 Å². The van der Waals surface area contributed by atoms with Crippen LogP contribution in [0, 0.1) is 5.92 Å². The number of fused-ring (bicyclic) bond motifs is 1. The fourth-order valence-electron chi connectivity index (χ4n) is 3.13. The fourth-order valence-corrected chi connectivity index (χ4v) is 3.68. The van der Waals surface area contributed by atoms with Gasteiger partial charge in [-0.05, 0) is 31.6 Å². The quantitative estimate of drug-likeness (QED) is 0.728. The first-order chi connectivity index (χ1) is 8.66. The second-order valence-corrected chi connectivity index (χ2v) is 7.08. The molecule has 0 aromatic rings. The minimum atomic E-state index is -0.755. The van der Waals surface area contributed by atoms with Gasteiger partial charge < -0.3 is 10.6 Å². The van der Waals surface area contributed by atoms with E-state index in [0.29, 0.717) is 24.3 Å². The van der Waals surface area contributed by atoms with Gasteiger partial charge in [0, 0.05) is 35.4 Å². The maximum Gasteiger partial charge on any atom is 0.237 e. The summed E-state index contributed by atoms with van der Waals surface area (Å²) < 4.78 is 10.9. The van der Waals surface area contributed by atoms with Crippen molar-refractivity contribution in [2.24, 2.45) is 5.92 Å². The van der Waals surface area contributed by atoms with Crippen LogP contribution in [0.1, 0.15) is 38.5 Å². The lowest BCUT2D eigenvalue weighted by Gasteiger charge is -2.24. The van der Waals surface area contributed by atoms with Gasteiger partial charge in [0.15, 0.2) is 0 Å². The first kappa shape index (κ1) is 14.0. The van der Waals surface area contributed by atoms with Crippen molar-refractivity contribution < 1.29 is 9.00 Å². The third kappa shape index (κ3) is 3.79. The van der Waals surface area contributed by atoms with E-state index >= 15 is 0 Å².